The van der Waals surface area contributed by atoms with Crippen molar-refractivity contribution in [3.63, 3.8) is 0 Å². The standard InChI is InChI=1S/C48H30N4/c1-4-15-32(16-5-1)47-48(33-17-6-2-7-18-33)50-41-28-35(25-26-40(41)49-47)52-43-27-24-31-14-10-11-21-36(31)46(43)39-29-38-37-22-12-13-23-42(37)51(44(38)30-45(39)52)34-19-8-3-9-20-34/h1-30H. The first kappa shape index (κ1) is 28.8. The summed E-state index contributed by atoms with van der Waals surface area (Å²) in [5, 5.41) is 7.44. The number of nitrogens with zero attached hydrogens (tertiary/aromatic N) is 4. The maximum atomic E-state index is 5.35. The Hall–Kier alpha value is -7.04. The number of benzene rings is 8. The van der Waals surface area contributed by atoms with Gasteiger partial charge in [-0.3, -0.25) is 0 Å². The maximum absolute atomic E-state index is 5.35. The van der Waals surface area contributed by atoms with Gasteiger partial charge in [-0.1, -0.05) is 127 Å². The fourth-order valence-corrected chi connectivity index (χ4v) is 8.16. The van der Waals surface area contributed by atoms with Gasteiger partial charge in [-0.25, -0.2) is 9.97 Å². The first-order chi connectivity index (χ1) is 25.8. The van der Waals surface area contributed by atoms with Gasteiger partial charge in [-0.15, -0.1) is 0 Å². The number of rotatable bonds is 4. The van der Waals surface area contributed by atoms with E-state index in [1.165, 1.54) is 43.4 Å². The second kappa shape index (κ2) is 11.2. The van der Waals surface area contributed by atoms with Gasteiger partial charge in [0.1, 0.15) is 0 Å². The van der Waals surface area contributed by atoms with Crippen LogP contribution in [0.2, 0.25) is 0 Å². The van der Waals surface area contributed by atoms with Crippen LogP contribution in [0.15, 0.2) is 182 Å². The molecule has 3 aromatic heterocycles. The molecular formula is C48H30N4. The molecule has 0 aliphatic rings. The zero-order valence-corrected chi connectivity index (χ0v) is 28.1. The van der Waals surface area contributed by atoms with Crippen LogP contribution in [0.3, 0.4) is 0 Å². The third kappa shape index (κ3) is 4.28. The monoisotopic (exact) mass is 662 g/mol. The highest BCUT2D eigenvalue weighted by Crippen LogP contribution is 2.42. The van der Waals surface area contributed by atoms with Crippen LogP contribution in [0.25, 0.3) is 99.3 Å². The van der Waals surface area contributed by atoms with Crippen LogP contribution in [0.4, 0.5) is 0 Å². The van der Waals surface area contributed by atoms with E-state index >= 15 is 0 Å². The summed E-state index contributed by atoms with van der Waals surface area (Å²) < 4.78 is 4.81. The Morgan fingerprint density at radius 1 is 0.327 bits per heavy atom. The van der Waals surface area contributed by atoms with Crippen LogP contribution in [-0.2, 0) is 0 Å². The molecule has 4 nitrogen and oxygen atoms in total. The van der Waals surface area contributed by atoms with Gasteiger partial charge in [0, 0.05) is 44.0 Å². The van der Waals surface area contributed by atoms with Gasteiger partial charge >= 0.3 is 0 Å². The van der Waals surface area contributed by atoms with Crippen LogP contribution in [0, 0.1) is 0 Å². The zero-order chi connectivity index (χ0) is 34.2. The van der Waals surface area contributed by atoms with Gasteiger partial charge < -0.3 is 9.13 Å². The highest BCUT2D eigenvalue weighted by atomic mass is 15.0. The minimum absolute atomic E-state index is 0.853. The molecule has 0 saturated heterocycles. The van der Waals surface area contributed by atoms with Gasteiger partial charge in [0.15, 0.2) is 0 Å². The van der Waals surface area contributed by atoms with E-state index in [0.717, 1.165) is 56.0 Å². The smallest absolute Gasteiger partial charge is 0.0973 e. The average molecular weight is 663 g/mol. The van der Waals surface area contributed by atoms with Crippen molar-refractivity contribution in [2.75, 3.05) is 0 Å². The van der Waals surface area contributed by atoms with E-state index in [9.17, 15) is 0 Å². The highest BCUT2D eigenvalue weighted by Gasteiger charge is 2.21. The summed E-state index contributed by atoms with van der Waals surface area (Å²) >= 11 is 0. The van der Waals surface area contributed by atoms with Gasteiger partial charge in [0.05, 0.1) is 44.5 Å². The topological polar surface area (TPSA) is 35.6 Å². The van der Waals surface area contributed by atoms with Crippen molar-refractivity contribution in [3.05, 3.63) is 182 Å². The molecule has 8 aromatic carbocycles. The molecule has 0 aliphatic carbocycles. The Kier molecular flexibility index (Phi) is 6.22. The number of hydrogen-bond acceptors (Lipinski definition) is 2. The summed E-state index contributed by atoms with van der Waals surface area (Å²) in [6.45, 7) is 0. The quantitative estimate of drug-likeness (QED) is 0.188. The Morgan fingerprint density at radius 2 is 0.923 bits per heavy atom. The van der Waals surface area contributed by atoms with E-state index in [1.807, 2.05) is 12.1 Å². The molecule has 0 bridgehead atoms. The van der Waals surface area contributed by atoms with Crippen molar-refractivity contribution in [1.29, 1.82) is 0 Å². The lowest BCUT2D eigenvalue weighted by Gasteiger charge is -2.13. The van der Waals surface area contributed by atoms with E-state index in [-0.39, 0.29) is 0 Å². The zero-order valence-electron chi connectivity index (χ0n) is 28.1. The van der Waals surface area contributed by atoms with E-state index in [0.29, 0.717) is 0 Å². The first-order valence-electron chi connectivity index (χ1n) is 17.7. The second-order valence-electron chi connectivity index (χ2n) is 13.4. The van der Waals surface area contributed by atoms with E-state index in [1.54, 1.807) is 0 Å². The first-order valence-corrected chi connectivity index (χ1v) is 17.7. The van der Waals surface area contributed by atoms with Crippen molar-refractivity contribution < 1.29 is 0 Å². The summed E-state index contributed by atoms with van der Waals surface area (Å²) in [5.41, 5.74) is 12.4. The summed E-state index contributed by atoms with van der Waals surface area (Å²) in [4.78, 5) is 10.6. The summed E-state index contributed by atoms with van der Waals surface area (Å²) in [6, 6.07) is 64.7. The third-order valence-corrected chi connectivity index (χ3v) is 10.5. The lowest BCUT2D eigenvalue weighted by molar-refractivity contribution is 1.16. The van der Waals surface area contributed by atoms with Gasteiger partial charge in [0.2, 0.25) is 0 Å². The van der Waals surface area contributed by atoms with E-state index < -0.39 is 0 Å². The Bertz CT molecular complexity index is 3160. The fraction of sp³-hybridized carbons (Fsp3) is 0. The maximum Gasteiger partial charge on any atom is 0.0973 e. The molecule has 11 aromatic rings. The summed E-state index contributed by atoms with van der Waals surface area (Å²) in [7, 11) is 0. The molecule has 3 heterocycles. The van der Waals surface area contributed by atoms with E-state index in [4.69, 9.17) is 9.97 Å². The van der Waals surface area contributed by atoms with Crippen molar-refractivity contribution in [3.8, 4) is 33.9 Å². The second-order valence-corrected chi connectivity index (χ2v) is 13.4. The molecule has 0 unspecified atom stereocenters. The minimum atomic E-state index is 0.853. The largest absolute Gasteiger partial charge is 0.309 e. The predicted octanol–water partition coefficient (Wildman–Crippen LogP) is 12.3. The molecule has 242 valence electrons. The molecule has 52 heavy (non-hydrogen) atoms. The highest BCUT2D eigenvalue weighted by molar-refractivity contribution is 6.25. The SMILES string of the molecule is c1ccc(-c2nc3ccc(-n4c5cc6c(cc5c5c7ccccc7ccc54)c4ccccc4n6-c4ccccc4)cc3nc2-c2ccccc2)cc1. The van der Waals surface area contributed by atoms with E-state index in [2.05, 4.69) is 179 Å². The number of fused-ring (bicyclic) bond motifs is 9. The predicted molar refractivity (Wildman–Crippen MR) is 217 cm³/mol. The van der Waals surface area contributed by atoms with Crippen molar-refractivity contribution in [2.24, 2.45) is 0 Å². The Morgan fingerprint density at radius 3 is 1.67 bits per heavy atom. The van der Waals surface area contributed by atoms with Crippen LogP contribution in [0.1, 0.15) is 0 Å². The number of aromatic nitrogens is 4. The normalized spacial score (nSPS) is 11.8. The molecule has 0 saturated carbocycles. The van der Waals surface area contributed by atoms with Gasteiger partial charge in [-0.2, -0.15) is 0 Å². The molecule has 0 amide bonds. The average Bonchev–Trinajstić information content (AvgIpc) is 3.72. The molecular weight excluding hydrogens is 633 g/mol. The molecule has 0 fully saturated rings. The van der Waals surface area contributed by atoms with Gasteiger partial charge in [0.25, 0.3) is 0 Å². The minimum Gasteiger partial charge on any atom is -0.309 e. The lowest BCUT2D eigenvalue weighted by atomic mass is 10.0. The Balaban J connectivity index is 1.24. The molecule has 0 N–H and O–H groups in total. The Labute approximate surface area is 299 Å². The molecule has 0 atom stereocenters. The van der Waals surface area contributed by atoms with Crippen molar-refractivity contribution in [1.82, 2.24) is 19.1 Å². The molecule has 0 aliphatic heterocycles. The van der Waals surface area contributed by atoms with Gasteiger partial charge in [-0.05, 0) is 65.4 Å². The fourth-order valence-electron chi connectivity index (χ4n) is 8.16. The lowest BCUT2D eigenvalue weighted by Crippen LogP contribution is -1.99. The van der Waals surface area contributed by atoms with Crippen LogP contribution in [-0.4, -0.2) is 19.1 Å². The number of para-hydroxylation sites is 2. The van der Waals surface area contributed by atoms with Crippen LogP contribution in [0.5, 0.6) is 0 Å². The molecule has 4 heteroatoms. The molecule has 11 rings (SSSR count). The summed E-state index contributed by atoms with van der Waals surface area (Å²) in [5.74, 6) is 0. The third-order valence-electron chi connectivity index (χ3n) is 10.5. The van der Waals surface area contributed by atoms with Crippen molar-refractivity contribution in [2.45, 2.75) is 0 Å². The van der Waals surface area contributed by atoms with Crippen LogP contribution < -0.4 is 0 Å². The van der Waals surface area contributed by atoms with Crippen molar-refractivity contribution >= 4 is 65.4 Å². The summed E-state index contributed by atoms with van der Waals surface area (Å²) in [6.07, 6.45) is 0. The molecule has 0 radical (unpaired) electrons. The molecule has 0 spiro atoms. The number of hydrogen-bond donors (Lipinski definition) is 0. The van der Waals surface area contributed by atoms with Crippen LogP contribution >= 0.6 is 0 Å².